The Balaban J connectivity index is 2.31. The molecule has 0 bridgehead atoms. The van der Waals surface area contributed by atoms with E-state index < -0.39 is 0 Å². The predicted molar refractivity (Wildman–Crippen MR) is 57.9 cm³/mol. The first-order valence-electron chi connectivity index (χ1n) is 5.05. The molecular formula is C11H11ClN2O. The number of nitrogens with zero attached hydrogens (tertiary/aromatic N) is 2. The molecule has 0 aromatic carbocycles. The minimum Gasteiger partial charge on any atom is -0.354 e. The average Bonchev–Trinajstić information content (AvgIpc) is 2.71. The molecule has 0 radical (unpaired) electrons. The SMILES string of the molecule is Cn1c(Cl)cc2c1-c1oncc1CCC2. The van der Waals surface area contributed by atoms with E-state index in [-0.39, 0.29) is 0 Å². The van der Waals surface area contributed by atoms with Crippen molar-refractivity contribution in [3.63, 3.8) is 0 Å². The van der Waals surface area contributed by atoms with E-state index in [0.717, 1.165) is 35.9 Å². The molecule has 2 heterocycles. The standard InChI is InChI=1S/C11H11ClN2O/c1-14-9(12)5-7-3-2-4-8-6-13-15-11(8)10(7)14/h5-6H,2-4H2,1H3. The van der Waals surface area contributed by atoms with Gasteiger partial charge in [-0.1, -0.05) is 16.8 Å². The maximum Gasteiger partial charge on any atom is 0.186 e. The maximum absolute atomic E-state index is 6.11. The molecule has 0 atom stereocenters. The van der Waals surface area contributed by atoms with Crippen LogP contribution in [0.3, 0.4) is 0 Å². The Kier molecular flexibility index (Phi) is 1.89. The van der Waals surface area contributed by atoms with Crippen molar-refractivity contribution in [2.75, 3.05) is 0 Å². The molecule has 0 spiro atoms. The van der Waals surface area contributed by atoms with Gasteiger partial charge in [-0.15, -0.1) is 0 Å². The summed E-state index contributed by atoms with van der Waals surface area (Å²) >= 11 is 6.11. The summed E-state index contributed by atoms with van der Waals surface area (Å²) in [5.41, 5.74) is 3.54. The summed E-state index contributed by atoms with van der Waals surface area (Å²) < 4.78 is 7.29. The second-order valence-electron chi connectivity index (χ2n) is 3.93. The van der Waals surface area contributed by atoms with Crippen LogP contribution in [-0.4, -0.2) is 9.72 Å². The van der Waals surface area contributed by atoms with Crippen LogP contribution in [0, 0.1) is 0 Å². The van der Waals surface area contributed by atoms with Crippen LogP contribution >= 0.6 is 11.6 Å². The zero-order chi connectivity index (χ0) is 10.4. The van der Waals surface area contributed by atoms with Crippen molar-refractivity contribution >= 4 is 11.6 Å². The molecule has 3 nitrogen and oxygen atoms in total. The Morgan fingerprint density at radius 1 is 1.40 bits per heavy atom. The van der Waals surface area contributed by atoms with Gasteiger partial charge >= 0.3 is 0 Å². The lowest BCUT2D eigenvalue weighted by Crippen LogP contribution is -1.92. The number of halogens is 1. The lowest BCUT2D eigenvalue weighted by atomic mass is 10.1. The third-order valence-corrected chi connectivity index (χ3v) is 3.37. The van der Waals surface area contributed by atoms with Crippen LogP contribution in [0.2, 0.25) is 5.15 Å². The lowest BCUT2D eigenvalue weighted by Gasteiger charge is -2.02. The van der Waals surface area contributed by atoms with Crippen molar-refractivity contribution in [1.29, 1.82) is 0 Å². The van der Waals surface area contributed by atoms with E-state index in [9.17, 15) is 0 Å². The molecule has 0 N–H and O–H groups in total. The number of rotatable bonds is 0. The molecule has 0 saturated heterocycles. The Morgan fingerprint density at radius 3 is 3.07 bits per heavy atom. The third-order valence-electron chi connectivity index (χ3n) is 3.00. The topological polar surface area (TPSA) is 31.0 Å². The second kappa shape index (κ2) is 3.14. The van der Waals surface area contributed by atoms with Crippen LogP contribution in [-0.2, 0) is 19.9 Å². The molecule has 0 amide bonds. The van der Waals surface area contributed by atoms with E-state index in [2.05, 4.69) is 5.16 Å². The van der Waals surface area contributed by atoms with Crippen molar-refractivity contribution in [3.8, 4) is 11.5 Å². The van der Waals surface area contributed by atoms with E-state index in [1.54, 1.807) is 0 Å². The van der Waals surface area contributed by atoms with Gasteiger partial charge in [0.2, 0.25) is 0 Å². The van der Waals surface area contributed by atoms with Gasteiger partial charge < -0.3 is 9.09 Å². The number of aryl methyl sites for hydroxylation is 2. The summed E-state index contributed by atoms with van der Waals surface area (Å²) in [5.74, 6) is 0.886. The first-order chi connectivity index (χ1) is 7.27. The number of hydrogen-bond acceptors (Lipinski definition) is 2. The Labute approximate surface area is 92.6 Å². The van der Waals surface area contributed by atoms with E-state index in [4.69, 9.17) is 16.1 Å². The van der Waals surface area contributed by atoms with Gasteiger partial charge in [0.1, 0.15) is 5.15 Å². The molecule has 3 rings (SSSR count). The number of hydrogen-bond donors (Lipinski definition) is 0. The summed E-state index contributed by atoms with van der Waals surface area (Å²) in [6, 6.07) is 2.02. The van der Waals surface area contributed by atoms with Gasteiger partial charge in [-0.2, -0.15) is 0 Å². The highest BCUT2D eigenvalue weighted by Crippen LogP contribution is 2.35. The molecule has 0 fully saturated rings. The Bertz CT molecular complexity index is 513. The molecule has 0 unspecified atom stereocenters. The van der Waals surface area contributed by atoms with Crippen molar-refractivity contribution in [1.82, 2.24) is 9.72 Å². The highest BCUT2D eigenvalue weighted by Gasteiger charge is 2.22. The monoisotopic (exact) mass is 222 g/mol. The number of aromatic nitrogens is 2. The van der Waals surface area contributed by atoms with Crippen LogP contribution in [0.15, 0.2) is 16.8 Å². The molecule has 78 valence electrons. The largest absolute Gasteiger partial charge is 0.354 e. The molecule has 1 aliphatic rings. The lowest BCUT2D eigenvalue weighted by molar-refractivity contribution is 0.429. The normalized spacial score (nSPS) is 14.5. The second-order valence-corrected chi connectivity index (χ2v) is 4.32. The average molecular weight is 223 g/mol. The molecule has 0 saturated carbocycles. The van der Waals surface area contributed by atoms with E-state index >= 15 is 0 Å². The van der Waals surface area contributed by atoms with Gasteiger partial charge in [-0.05, 0) is 30.9 Å². The molecule has 0 aliphatic heterocycles. The molecule has 2 aromatic rings. The van der Waals surface area contributed by atoms with Crippen LogP contribution in [0.4, 0.5) is 0 Å². The third kappa shape index (κ3) is 1.23. The van der Waals surface area contributed by atoms with E-state index in [1.165, 1.54) is 11.1 Å². The highest BCUT2D eigenvalue weighted by molar-refractivity contribution is 6.30. The summed E-state index contributed by atoms with van der Waals surface area (Å²) in [6.45, 7) is 0. The highest BCUT2D eigenvalue weighted by atomic mass is 35.5. The van der Waals surface area contributed by atoms with E-state index in [0.29, 0.717) is 0 Å². The first kappa shape index (κ1) is 9.04. The number of fused-ring (bicyclic) bond motifs is 3. The van der Waals surface area contributed by atoms with Gasteiger partial charge in [-0.25, -0.2) is 0 Å². The zero-order valence-corrected chi connectivity index (χ0v) is 9.21. The quantitative estimate of drug-likeness (QED) is 0.686. The molecule has 4 heteroatoms. The molecule has 15 heavy (non-hydrogen) atoms. The van der Waals surface area contributed by atoms with Crippen LogP contribution in [0.5, 0.6) is 0 Å². The van der Waals surface area contributed by atoms with Gasteiger partial charge in [0.05, 0.1) is 11.9 Å². The summed E-state index contributed by atoms with van der Waals surface area (Å²) in [4.78, 5) is 0. The van der Waals surface area contributed by atoms with Crippen molar-refractivity contribution in [3.05, 3.63) is 28.5 Å². The fraction of sp³-hybridized carbons (Fsp3) is 0.364. The summed E-state index contributed by atoms with van der Waals surface area (Å²) in [5, 5.41) is 4.62. The fourth-order valence-electron chi connectivity index (χ4n) is 2.22. The fourth-order valence-corrected chi connectivity index (χ4v) is 2.44. The first-order valence-corrected chi connectivity index (χ1v) is 5.43. The zero-order valence-electron chi connectivity index (χ0n) is 8.46. The summed E-state index contributed by atoms with van der Waals surface area (Å²) in [6.07, 6.45) is 5.03. The Hall–Kier alpha value is -1.22. The van der Waals surface area contributed by atoms with Crippen LogP contribution < -0.4 is 0 Å². The van der Waals surface area contributed by atoms with Gasteiger partial charge in [0.25, 0.3) is 0 Å². The predicted octanol–water partition coefficient (Wildman–Crippen LogP) is 2.82. The Morgan fingerprint density at radius 2 is 2.20 bits per heavy atom. The van der Waals surface area contributed by atoms with Crippen molar-refractivity contribution in [2.45, 2.75) is 19.3 Å². The minimum atomic E-state index is 0.754. The molecular weight excluding hydrogens is 212 g/mol. The van der Waals surface area contributed by atoms with Gasteiger partial charge in [-0.3, -0.25) is 0 Å². The van der Waals surface area contributed by atoms with E-state index in [1.807, 2.05) is 23.9 Å². The molecule has 1 aliphatic carbocycles. The van der Waals surface area contributed by atoms with Gasteiger partial charge in [0, 0.05) is 12.6 Å². The van der Waals surface area contributed by atoms with Crippen LogP contribution in [0.1, 0.15) is 17.5 Å². The van der Waals surface area contributed by atoms with Crippen molar-refractivity contribution in [2.24, 2.45) is 7.05 Å². The maximum atomic E-state index is 6.11. The smallest absolute Gasteiger partial charge is 0.186 e. The van der Waals surface area contributed by atoms with Crippen LogP contribution in [0.25, 0.3) is 11.5 Å². The minimum absolute atomic E-state index is 0.754. The van der Waals surface area contributed by atoms with Gasteiger partial charge in [0.15, 0.2) is 5.76 Å². The summed E-state index contributed by atoms with van der Waals surface area (Å²) in [7, 11) is 1.96. The molecule has 2 aromatic heterocycles. The van der Waals surface area contributed by atoms with Crippen molar-refractivity contribution < 1.29 is 4.52 Å².